The van der Waals surface area contributed by atoms with E-state index in [-0.39, 0.29) is 18.5 Å². The molecule has 5 nitrogen and oxygen atoms in total. The van der Waals surface area contributed by atoms with Crippen LogP contribution in [-0.2, 0) is 0 Å². The van der Waals surface area contributed by atoms with Crippen molar-refractivity contribution in [1.82, 2.24) is 4.90 Å². The summed E-state index contributed by atoms with van der Waals surface area (Å²) in [6.07, 6.45) is 0.864. The Morgan fingerprint density at radius 3 is 2.24 bits per heavy atom. The number of nitrogens with zero attached hydrogens (tertiary/aromatic N) is 3. The topological polar surface area (TPSA) is 48.7 Å². The summed E-state index contributed by atoms with van der Waals surface area (Å²) in [5.41, 5.74) is 4.23. The molecule has 0 bridgehead atoms. The molecule has 6 heteroatoms. The number of piperazine rings is 1. The molecule has 34 heavy (non-hydrogen) atoms. The normalized spacial score (nSPS) is 14.6. The molecule has 0 aromatic heterocycles. The fourth-order valence-corrected chi connectivity index (χ4v) is 4.25. The summed E-state index contributed by atoms with van der Waals surface area (Å²) >= 11 is 0. The zero-order valence-electron chi connectivity index (χ0n) is 19.8. The average Bonchev–Trinajstić information content (AvgIpc) is 2.88. The number of aryl methyl sites for hydroxylation is 1. The second-order valence-corrected chi connectivity index (χ2v) is 8.44. The minimum absolute atomic E-state index is 0. The van der Waals surface area contributed by atoms with Crippen LogP contribution >= 0.6 is 12.4 Å². The van der Waals surface area contributed by atoms with E-state index in [0.29, 0.717) is 5.56 Å². The van der Waals surface area contributed by atoms with Gasteiger partial charge < -0.3 is 14.4 Å². The Kier molecular flexibility index (Phi) is 9.21. The maximum Gasteiger partial charge on any atom is 0.142 e. The molecule has 178 valence electrons. The van der Waals surface area contributed by atoms with Gasteiger partial charge in [-0.15, -0.1) is 12.4 Å². The van der Waals surface area contributed by atoms with Crippen molar-refractivity contribution in [3.05, 3.63) is 89.5 Å². The molecule has 0 radical (unpaired) electrons. The van der Waals surface area contributed by atoms with E-state index in [0.717, 1.165) is 50.6 Å². The molecule has 3 aromatic rings. The van der Waals surface area contributed by atoms with Crippen LogP contribution in [0.15, 0.2) is 72.8 Å². The highest BCUT2D eigenvalue weighted by Crippen LogP contribution is 2.29. The first-order valence-corrected chi connectivity index (χ1v) is 11.5. The van der Waals surface area contributed by atoms with Gasteiger partial charge >= 0.3 is 0 Å². The predicted octanol–water partition coefficient (Wildman–Crippen LogP) is 5.63. The largest absolute Gasteiger partial charge is 0.495 e. The Hall–Kier alpha value is -3.20. The Morgan fingerprint density at radius 2 is 1.59 bits per heavy atom. The number of anilines is 1. The molecule has 1 atom stereocenters. The van der Waals surface area contributed by atoms with Crippen molar-refractivity contribution in [2.45, 2.75) is 19.4 Å². The average molecular weight is 478 g/mol. The van der Waals surface area contributed by atoms with E-state index in [4.69, 9.17) is 14.7 Å². The number of para-hydroxylation sites is 2. The number of methoxy groups -OCH3 is 1. The van der Waals surface area contributed by atoms with Gasteiger partial charge in [-0.1, -0.05) is 42.0 Å². The predicted molar refractivity (Wildman–Crippen MR) is 139 cm³/mol. The van der Waals surface area contributed by atoms with Gasteiger partial charge in [0.15, 0.2) is 0 Å². The van der Waals surface area contributed by atoms with E-state index in [1.807, 2.05) is 24.3 Å². The maximum absolute atomic E-state index is 9.06. The van der Waals surface area contributed by atoms with E-state index in [1.54, 1.807) is 19.2 Å². The molecule has 1 saturated heterocycles. The van der Waals surface area contributed by atoms with E-state index < -0.39 is 0 Å². The second kappa shape index (κ2) is 12.3. The van der Waals surface area contributed by atoms with Crippen molar-refractivity contribution in [1.29, 1.82) is 5.26 Å². The Bertz CT molecular complexity index is 1070. The number of benzene rings is 3. The monoisotopic (exact) mass is 477 g/mol. The summed E-state index contributed by atoms with van der Waals surface area (Å²) in [4.78, 5) is 4.91. The third-order valence-electron chi connectivity index (χ3n) is 6.22. The number of hydrogen-bond acceptors (Lipinski definition) is 5. The Balaban J connectivity index is 0.00000324. The number of hydrogen-bond donors (Lipinski definition) is 0. The van der Waals surface area contributed by atoms with Crippen molar-refractivity contribution in [2.24, 2.45) is 0 Å². The minimum atomic E-state index is -0.0363. The quantitative estimate of drug-likeness (QED) is 0.421. The number of halogens is 1. The van der Waals surface area contributed by atoms with Gasteiger partial charge in [-0.05, 0) is 48.9 Å². The maximum atomic E-state index is 9.06. The van der Waals surface area contributed by atoms with Crippen LogP contribution in [0.3, 0.4) is 0 Å². The van der Waals surface area contributed by atoms with Crippen LogP contribution < -0.4 is 14.4 Å². The van der Waals surface area contributed by atoms with Gasteiger partial charge in [0.1, 0.15) is 17.6 Å². The third-order valence-corrected chi connectivity index (χ3v) is 6.22. The van der Waals surface area contributed by atoms with Crippen LogP contribution in [-0.4, -0.2) is 44.7 Å². The molecule has 0 spiro atoms. The van der Waals surface area contributed by atoms with Crippen LogP contribution in [0.5, 0.6) is 11.5 Å². The van der Waals surface area contributed by atoms with E-state index in [2.05, 4.69) is 59.2 Å². The Morgan fingerprint density at radius 1 is 0.912 bits per heavy atom. The highest BCUT2D eigenvalue weighted by Gasteiger charge is 2.21. The van der Waals surface area contributed by atoms with Gasteiger partial charge in [-0.2, -0.15) is 5.26 Å². The van der Waals surface area contributed by atoms with Gasteiger partial charge in [0.2, 0.25) is 0 Å². The van der Waals surface area contributed by atoms with Crippen molar-refractivity contribution in [2.75, 3.05) is 44.7 Å². The molecule has 0 N–H and O–H groups in total. The molecule has 1 fully saturated rings. The van der Waals surface area contributed by atoms with Crippen molar-refractivity contribution < 1.29 is 9.47 Å². The minimum Gasteiger partial charge on any atom is -0.495 e. The van der Waals surface area contributed by atoms with Crippen molar-refractivity contribution in [3.8, 4) is 17.6 Å². The first-order valence-electron chi connectivity index (χ1n) is 11.5. The molecule has 1 aliphatic heterocycles. The summed E-state index contributed by atoms with van der Waals surface area (Å²) in [5.74, 6) is 1.72. The molecule has 3 aromatic carbocycles. The lowest BCUT2D eigenvalue weighted by atomic mass is 10.0. The lowest BCUT2D eigenvalue weighted by Crippen LogP contribution is -2.47. The molecule has 1 heterocycles. The number of nitriles is 1. The van der Waals surface area contributed by atoms with Crippen LogP contribution in [0, 0.1) is 18.3 Å². The molecule has 0 aliphatic carbocycles. The second-order valence-electron chi connectivity index (χ2n) is 8.44. The first-order chi connectivity index (χ1) is 16.2. The third kappa shape index (κ3) is 6.44. The molecular formula is C28H32ClN3O2. The smallest absolute Gasteiger partial charge is 0.142 e. The molecule has 1 aliphatic rings. The molecular weight excluding hydrogens is 446 g/mol. The summed E-state index contributed by atoms with van der Waals surface area (Å²) in [7, 11) is 1.73. The number of ether oxygens (including phenoxy) is 2. The molecule has 0 saturated carbocycles. The van der Waals surface area contributed by atoms with Crippen molar-refractivity contribution >= 4 is 18.1 Å². The van der Waals surface area contributed by atoms with Gasteiger partial charge in [0.25, 0.3) is 0 Å². The van der Waals surface area contributed by atoms with E-state index in [9.17, 15) is 0 Å². The van der Waals surface area contributed by atoms with Gasteiger partial charge in [-0.3, -0.25) is 4.90 Å². The summed E-state index contributed by atoms with van der Waals surface area (Å²) < 4.78 is 11.9. The van der Waals surface area contributed by atoms with Crippen LogP contribution in [0.4, 0.5) is 5.69 Å². The van der Waals surface area contributed by atoms with Crippen molar-refractivity contribution in [3.63, 3.8) is 0 Å². The van der Waals surface area contributed by atoms with E-state index >= 15 is 0 Å². The zero-order valence-corrected chi connectivity index (χ0v) is 20.6. The standard InChI is InChI=1S/C28H31N3O2.ClH/c1-22-7-11-24(12-8-22)27(33-25-13-9-23(21-29)10-14-25)15-16-30-17-19-31(20-18-30)26-5-3-4-6-28(26)32-2;/h3-14,27H,15-20H2,1-2H3;1H/t27-;/m0./s1. The van der Waals surface area contributed by atoms with Crippen LogP contribution in [0.25, 0.3) is 0 Å². The van der Waals surface area contributed by atoms with Gasteiger partial charge in [0.05, 0.1) is 24.4 Å². The first kappa shape index (κ1) is 25.4. The SMILES string of the molecule is COc1ccccc1N1CCN(CC[C@H](Oc2ccc(C#N)cc2)c2ccc(C)cc2)CC1.Cl. The summed E-state index contributed by atoms with van der Waals surface area (Å²) in [6, 6.07) is 26.3. The Labute approximate surface area is 208 Å². The highest BCUT2D eigenvalue weighted by atomic mass is 35.5. The summed E-state index contributed by atoms with van der Waals surface area (Å²) in [6.45, 7) is 7.04. The lowest BCUT2D eigenvalue weighted by Gasteiger charge is -2.37. The summed E-state index contributed by atoms with van der Waals surface area (Å²) in [5, 5.41) is 9.06. The van der Waals surface area contributed by atoms with Gasteiger partial charge in [-0.25, -0.2) is 0 Å². The highest BCUT2D eigenvalue weighted by molar-refractivity contribution is 5.85. The molecule has 4 rings (SSSR count). The fourth-order valence-electron chi connectivity index (χ4n) is 4.25. The van der Waals surface area contributed by atoms with Gasteiger partial charge in [0, 0.05) is 39.1 Å². The van der Waals surface area contributed by atoms with Crippen LogP contribution in [0.1, 0.15) is 29.2 Å². The lowest BCUT2D eigenvalue weighted by molar-refractivity contribution is 0.160. The zero-order chi connectivity index (χ0) is 23.0. The molecule has 0 unspecified atom stereocenters. The fraction of sp³-hybridized carbons (Fsp3) is 0.321. The molecule has 0 amide bonds. The number of rotatable bonds is 8. The van der Waals surface area contributed by atoms with Crippen LogP contribution in [0.2, 0.25) is 0 Å². The van der Waals surface area contributed by atoms with E-state index in [1.165, 1.54) is 16.8 Å².